The molecule has 0 atom stereocenters. The third kappa shape index (κ3) is 3.32. The molecule has 2 N–H and O–H groups in total. The first-order valence-corrected chi connectivity index (χ1v) is 9.07. The molecule has 0 heterocycles. The monoisotopic (exact) mass is 393 g/mol. The molecule has 0 spiro atoms. The topological polar surface area (TPSA) is 75.6 Å². The van der Waals surface area contributed by atoms with Crippen LogP contribution in [0.5, 0.6) is 0 Å². The van der Waals surface area contributed by atoms with Crippen LogP contribution in [-0.2, 0) is 4.74 Å². The van der Waals surface area contributed by atoms with Gasteiger partial charge in [0.05, 0.1) is 10.6 Å². The number of carbonyl (C=O) groups excluding carboxylic acids is 1. The molecular formula is C22H16ClNO4. The molecule has 6 heteroatoms. The summed E-state index contributed by atoms with van der Waals surface area (Å²) >= 11 is 5.85. The van der Waals surface area contributed by atoms with Crippen molar-refractivity contribution in [2.75, 3.05) is 11.9 Å². The maximum Gasteiger partial charge on any atom is 0.411 e. The molecule has 4 rings (SSSR count). The summed E-state index contributed by atoms with van der Waals surface area (Å²) in [5.41, 5.74) is 4.76. The number of amides is 1. The standard InChI is InChI=1S/C22H16ClNO4/c23-20-10-9-13(11-18(20)21(25)26)24-22(27)28-12-19-16-7-3-1-5-14(16)15-6-2-4-8-17(15)19/h1-11,19H,12H2,(H,24,27)(H,25,26). The van der Waals surface area contributed by atoms with Gasteiger partial charge in [0.1, 0.15) is 6.61 Å². The summed E-state index contributed by atoms with van der Waals surface area (Å²) in [6.07, 6.45) is -0.652. The lowest BCUT2D eigenvalue weighted by Gasteiger charge is -2.14. The van der Waals surface area contributed by atoms with Crippen LogP contribution in [0.25, 0.3) is 11.1 Å². The number of hydrogen-bond acceptors (Lipinski definition) is 3. The van der Waals surface area contributed by atoms with Crippen molar-refractivity contribution >= 4 is 29.4 Å². The number of halogens is 1. The summed E-state index contributed by atoms with van der Waals surface area (Å²) in [4.78, 5) is 23.4. The fraction of sp³-hybridized carbons (Fsp3) is 0.0909. The van der Waals surface area contributed by atoms with Crippen LogP contribution in [-0.4, -0.2) is 23.8 Å². The summed E-state index contributed by atoms with van der Waals surface area (Å²) in [5.74, 6) is -1.21. The number of carbonyl (C=O) groups is 2. The average Bonchev–Trinajstić information content (AvgIpc) is 3.01. The Morgan fingerprint density at radius 2 is 1.57 bits per heavy atom. The average molecular weight is 394 g/mol. The molecule has 0 aliphatic heterocycles. The molecule has 3 aromatic carbocycles. The first kappa shape index (κ1) is 18.1. The predicted octanol–water partition coefficient (Wildman–Crippen LogP) is 5.40. The molecule has 0 aromatic heterocycles. The summed E-state index contributed by atoms with van der Waals surface area (Å²) in [6, 6.07) is 20.4. The van der Waals surface area contributed by atoms with Gasteiger partial charge in [-0.3, -0.25) is 5.32 Å². The highest BCUT2D eigenvalue weighted by Crippen LogP contribution is 2.44. The zero-order chi connectivity index (χ0) is 19.7. The highest BCUT2D eigenvalue weighted by atomic mass is 35.5. The highest BCUT2D eigenvalue weighted by molar-refractivity contribution is 6.33. The van der Waals surface area contributed by atoms with E-state index in [0.29, 0.717) is 5.69 Å². The molecule has 0 saturated heterocycles. The van der Waals surface area contributed by atoms with Gasteiger partial charge in [0.15, 0.2) is 0 Å². The SMILES string of the molecule is O=C(Nc1ccc(Cl)c(C(=O)O)c1)OCC1c2ccccc2-c2ccccc21. The lowest BCUT2D eigenvalue weighted by atomic mass is 9.98. The largest absolute Gasteiger partial charge is 0.478 e. The number of anilines is 1. The van der Waals surface area contributed by atoms with Crippen LogP contribution in [0.3, 0.4) is 0 Å². The quantitative estimate of drug-likeness (QED) is 0.622. The molecule has 0 fully saturated rings. The number of ether oxygens (including phenoxy) is 1. The van der Waals surface area contributed by atoms with Crippen molar-refractivity contribution < 1.29 is 19.4 Å². The minimum absolute atomic E-state index is 0.0436. The molecule has 5 nitrogen and oxygen atoms in total. The lowest BCUT2D eigenvalue weighted by molar-refractivity contribution is 0.0697. The Morgan fingerprint density at radius 1 is 0.964 bits per heavy atom. The number of nitrogens with one attached hydrogen (secondary N) is 1. The number of hydrogen-bond donors (Lipinski definition) is 2. The van der Waals surface area contributed by atoms with E-state index in [2.05, 4.69) is 17.4 Å². The van der Waals surface area contributed by atoms with Crippen LogP contribution in [0.1, 0.15) is 27.4 Å². The smallest absolute Gasteiger partial charge is 0.411 e. The number of fused-ring (bicyclic) bond motifs is 3. The minimum Gasteiger partial charge on any atom is -0.478 e. The van der Waals surface area contributed by atoms with Crippen LogP contribution in [0.15, 0.2) is 66.7 Å². The number of benzene rings is 3. The van der Waals surface area contributed by atoms with Gasteiger partial charge in [-0.2, -0.15) is 0 Å². The van der Waals surface area contributed by atoms with E-state index in [0.717, 1.165) is 22.3 Å². The summed E-state index contributed by atoms with van der Waals surface area (Å²) in [6.45, 7) is 0.180. The van der Waals surface area contributed by atoms with E-state index < -0.39 is 12.1 Å². The summed E-state index contributed by atoms with van der Waals surface area (Å²) < 4.78 is 5.44. The Balaban J connectivity index is 1.49. The second-order valence-electron chi connectivity index (χ2n) is 6.45. The van der Waals surface area contributed by atoms with Crippen LogP contribution >= 0.6 is 11.6 Å². The maximum absolute atomic E-state index is 12.2. The Morgan fingerprint density at radius 3 is 2.18 bits per heavy atom. The highest BCUT2D eigenvalue weighted by Gasteiger charge is 2.29. The van der Waals surface area contributed by atoms with Crippen molar-refractivity contribution in [2.45, 2.75) is 5.92 Å². The Kier molecular flexibility index (Phi) is 4.75. The zero-order valence-electron chi connectivity index (χ0n) is 14.7. The third-order valence-corrected chi connectivity index (χ3v) is 5.12. The molecule has 0 saturated carbocycles. The molecule has 0 radical (unpaired) electrons. The van der Waals surface area contributed by atoms with E-state index in [-0.39, 0.29) is 23.1 Å². The molecule has 0 unspecified atom stereocenters. The van der Waals surface area contributed by atoms with Crippen LogP contribution in [0.2, 0.25) is 5.02 Å². The third-order valence-electron chi connectivity index (χ3n) is 4.79. The van der Waals surface area contributed by atoms with E-state index >= 15 is 0 Å². The van der Waals surface area contributed by atoms with Crippen LogP contribution < -0.4 is 5.32 Å². The van der Waals surface area contributed by atoms with Crippen molar-refractivity contribution in [1.29, 1.82) is 0 Å². The van der Waals surface area contributed by atoms with Gasteiger partial charge in [0.25, 0.3) is 0 Å². The summed E-state index contributed by atoms with van der Waals surface area (Å²) in [5, 5.41) is 11.8. The predicted molar refractivity (Wildman–Crippen MR) is 107 cm³/mol. The van der Waals surface area contributed by atoms with Crippen molar-refractivity contribution in [3.05, 3.63) is 88.4 Å². The van der Waals surface area contributed by atoms with E-state index in [1.807, 2.05) is 36.4 Å². The van der Waals surface area contributed by atoms with Gasteiger partial charge in [0.2, 0.25) is 0 Å². The first-order chi connectivity index (χ1) is 13.5. The number of carboxylic acid groups (broad SMARTS) is 1. The van der Waals surface area contributed by atoms with Crippen LogP contribution in [0.4, 0.5) is 10.5 Å². The molecule has 1 amide bonds. The van der Waals surface area contributed by atoms with Crippen molar-refractivity contribution in [3.8, 4) is 11.1 Å². The van der Waals surface area contributed by atoms with Gasteiger partial charge in [0, 0.05) is 11.6 Å². The number of rotatable bonds is 4. The van der Waals surface area contributed by atoms with E-state index in [1.54, 1.807) is 0 Å². The fourth-order valence-corrected chi connectivity index (χ4v) is 3.72. The van der Waals surface area contributed by atoms with Crippen molar-refractivity contribution in [3.63, 3.8) is 0 Å². The van der Waals surface area contributed by atoms with E-state index in [9.17, 15) is 9.59 Å². The number of aromatic carboxylic acids is 1. The van der Waals surface area contributed by atoms with E-state index in [4.69, 9.17) is 21.4 Å². The maximum atomic E-state index is 12.2. The van der Waals surface area contributed by atoms with Gasteiger partial charge in [-0.25, -0.2) is 9.59 Å². The Hall–Kier alpha value is -3.31. The lowest BCUT2D eigenvalue weighted by Crippen LogP contribution is -2.18. The second kappa shape index (κ2) is 7.37. The molecular weight excluding hydrogens is 378 g/mol. The first-order valence-electron chi connectivity index (χ1n) is 8.69. The van der Waals surface area contributed by atoms with Crippen molar-refractivity contribution in [2.24, 2.45) is 0 Å². The van der Waals surface area contributed by atoms with Gasteiger partial charge in [-0.05, 0) is 40.5 Å². The zero-order valence-corrected chi connectivity index (χ0v) is 15.4. The second-order valence-corrected chi connectivity index (χ2v) is 6.86. The Bertz CT molecular complexity index is 1030. The molecule has 140 valence electrons. The van der Waals surface area contributed by atoms with Crippen molar-refractivity contribution in [1.82, 2.24) is 0 Å². The summed E-state index contributed by atoms with van der Waals surface area (Å²) in [7, 11) is 0. The van der Waals surface area contributed by atoms with Gasteiger partial charge < -0.3 is 9.84 Å². The molecule has 1 aliphatic rings. The van der Waals surface area contributed by atoms with E-state index in [1.165, 1.54) is 18.2 Å². The molecule has 28 heavy (non-hydrogen) atoms. The van der Waals surface area contributed by atoms with Crippen LogP contribution in [0, 0.1) is 0 Å². The Labute approximate surface area is 166 Å². The van der Waals surface area contributed by atoms with Gasteiger partial charge in [-0.1, -0.05) is 60.1 Å². The fourth-order valence-electron chi connectivity index (χ4n) is 3.52. The molecule has 3 aromatic rings. The molecule has 0 bridgehead atoms. The number of carboxylic acids is 1. The van der Waals surface area contributed by atoms with Gasteiger partial charge in [-0.15, -0.1) is 0 Å². The molecule has 1 aliphatic carbocycles. The normalized spacial score (nSPS) is 12.2. The minimum atomic E-state index is -1.17. The van der Waals surface area contributed by atoms with Gasteiger partial charge >= 0.3 is 12.1 Å².